The van der Waals surface area contributed by atoms with E-state index in [9.17, 15) is 4.79 Å². The van der Waals surface area contributed by atoms with Crippen LogP contribution in [0.2, 0.25) is 0 Å². The van der Waals surface area contributed by atoms with Crippen LogP contribution in [0.1, 0.15) is 29.8 Å². The summed E-state index contributed by atoms with van der Waals surface area (Å²) in [6.07, 6.45) is 0. The molecule has 4 N–H and O–H groups in total. The van der Waals surface area contributed by atoms with Crippen molar-refractivity contribution in [3.63, 3.8) is 0 Å². The molecular formula is C13H19N3O2. The van der Waals surface area contributed by atoms with Gasteiger partial charge in [-0.3, -0.25) is 4.79 Å². The maximum atomic E-state index is 12.0. The van der Waals surface area contributed by atoms with E-state index >= 15 is 0 Å². The number of amidine groups is 1. The van der Waals surface area contributed by atoms with Crippen LogP contribution in [-0.2, 0) is 0 Å². The number of nitrogens with zero attached hydrogens (tertiary/aromatic N) is 1. The lowest BCUT2D eigenvalue weighted by Gasteiger charge is -2.20. The van der Waals surface area contributed by atoms with Gasteiger partial charge in [0.2, 0.25) is 0 Å². The third kappa shape index (κ3) is 3.48. The van der Waals surface area contributed by atoms with Crippen molar-refractivity contribution in [2.45, 2.75) is 26.8 Å². The van der Waals surface area contributed by atoms with Gasteiger partial charge < -0.3 is 16.3 Å². The first-order valence-corrected chi connectivity index (χ1v) is 5.80. The maximum Gasteiger partial charge on any atom is 0.251 e. The summed E-state index contributed by atoms with van der Waals surface area (Å²) in [5.41, 5.74) is 7.13. The molecule has 5 nitrogen and oxygen atoms in total. The summed E-state index contributed by atoms with van der Waals surface area (Å²) in [5.74, 6) is -0.190. The van der Waals surface area contributed by atoms with E-state index in [2.05, 4.69) is 10.5 Å². The highest BCUT2D eigenvalue weighted by atomic mass is 16.4. The van der Waals surface area contributed by atoms with Crippen molar-refractivity contribution < 1.29 is 10.0 Å². The molecule has 98 valence electrons. The van der Waals surface area contributed by atoms with Gasteiger partial charge in [-0.1, -0.05) is 36.7 Å². The second-order valence-electron chi connectivity index (χ2n) is 4.59. The first-order valence-electron chi connectivity index (χ1n) is 5.80. The van der Waals surface area contributed by atoms with E-state index in [0.29, 0.717) is 5.56 Å². The predicted octanol–water partition coefficient (Wildman–Crippen LogP) is 1.50. The number of aryl methyl sites for hydroxylation is 1. The molecule has 5 heteroatoms. The van der Waals surface area contributed by atoms with E-state index in [1.165, 1.54) is 0 Å². The molecule has 0 saturated heterocycles. The Morgan fingerprint density at radius 3 is 2.61 bits per heavy atom. The Morgan fingerprint density at radius 1 is 1.44 bits per heavy atom. The summed E-state index contributed by atoms with van der Waals surface area (Å²) < 4.78 is 0. The lowest BCUT2D eigenvalue weighted by atomic mass is 10.0. The average molecular weight is 249 g/mol. The van der Waals surface area contributed by atoms with E-state index in [-0.39, 0.29) is 17.7 Å². The molecule has 0 saturated carbocycles. The second-order valence-corrected chi connectivity index (χ2v) is 4.59. The summed E-state index contributed by atoms with van der Waals surface area (Å²) in [6.45, 7) is 5.69. The topological polar surface area (TPSA) is 87.7 Å². The summed E-state index contributed by atoms with van der Waals surface area (Å²) in [7, 11) is 0. The van der Waals surface area contributed by atoms with Crippen LogP contribution in [0.4, 0.5) is 0 Å². The van der Waals surface area contributed by atoms with E-state index in [1.54, 1.807) is 12.1 Å². The highest BCUT2D eigenvalue weighted by Crippen LogP contribution is 2.07. The first kappa shape index (κ1) is 14.0. The zero-order chi connectivity index (χ0) is 13.7. The maximum absolute atomic E-state index is 12.0. The lowest BCUT2D eigenvalue weighted by Crippen LogP contribution is -2.47. The number of nitrogens with two attached hydrogens (primary N) is 1. The smallest absolute Gasteiger partial charge is 0.251 e. The summed E-state index contributed by atoms with van der Waals surface area (Å²) in [4.78, 5) is 12.0. The van der Waals surface area contributed by atoms with Crippen LogP contribution in [0, 0.1) is 12.8 Å². The Kier molecular flexibility index (Phi) is 4.71. The number of carbonyl (C=O) groups excluding carboxylic acids is 1. The van der Waals surface area contributed by atoms with Crippen LogP contribution in [0.5, 0.6) is 0 Å². The summed E-state index contributed by atoms with van der Waals surface area (Å²) in [6, 6.07) is 6.77. The minimum atomic E-state index is -0.483. The van der Waals surface area contributed by atoms with Crippen molar-refractivity contribution in [1.82, 2.24) is 5.32 Å². The quantitative estimate of drug-likeness (QED) is 0.327. The van der Waals surface area contributed by atoms with Crippen molar-refractivity contribution in [2.75, 3.05) is 0 Å². The third-order valence-corrected chi connectivity index (χ3v) is 2.67. The molecule has 0 fully saturated rings. The lowest BCUT2D eigenvalue weighted by molar-refractivity contribution is 0.0938. The first-order chi connectivity index (χ1) is 8.45. The monoisotopic (exact) mass is 249 g/mol. The number of hydrogen-bond acceptors (Lipinski definition) is 3. The van der Waals surface area contributed by atoms with Crippen LogP contribution >= 0.6 is 0 Å². The molecule has 0 aliphatic heterocycles. The van der Waals surface area contributed by atoms with E-state index < -0.39 is 6.04 Å². The number of oxime groups is 1. The fraction of sp³-hybridized carbons (Fsp3) is 0.385. The Balaban J connectivity index is 2.85. The van der Waals surface area contributed by atoms with Crippen LogP contribution in [0.15, 0.2) is 29.4 Å². The average Bonchev–Trinajstić information content (AvgIpc) is 2.34. The van der Waals surface area contributed by atoms with Crippen molar-refractivity contribution in [1.29, 1.82) is 0 Å². The minimum absolute atomic E-state index is 0.00556. The molecule has 0 heterocycles. The molecule has 1 aromatic carbocycles. The van der Waals surface area contributed by atoms with Gasteiger partial charge in [-0.25, -0.2) is 0 Å². The predicted molar refractivity (Wildman–Crippen MR) is 70.7 cm³/mol. The number of rotatable bonds is 4. The molecule has 18 heavy (non-hydrogen) atoms. The van der Waals surface area contributed by atoms with E-state index in [0.717, 1.165) is 5.56 Å². The van der Waals surface area contributed by atoms with Crippen molar-refractivity contribution >= 4 is 11.7 Å². The minimum Gasteiger partial charge on any atom is -0.409 e. The van der Waals surface area contributed by atoms with E-state index in [4.69, 9.17) is 10.9 Å². The molecule has 0 aliphatic carbocycles. The highest BCUT2D eigenvalue weighted by Gasteiger charge is 2.21. The van der Waals surface area contributed by atoms with Crippen molar-refractivity contribution in [2.24, 2.45) is 16.8 Å². The normalized spacial score (nSPS) is 13.4. The molecular weight excluding hydrogens is 230 g/mol. The largest absolute Gasteiger partial charge is 0.409 e. The summed E-state index contributed by atoms with van der Waals surface area (Å²) >= 11 is 0. The number of benzene rings is 1. The fourth-order valence-corrected chi connectivity index (χ4v) is 1.66. The standard InChI is InChI=1S/C13H19N3O2/c1-8(2)11(12(14)16-18)15-13(17)10-6-4-5-9(3)7-10/h4-8,11,18H,1-3H3,(H2,14,16)(H,15,17). The molecule has 1 rings (SSSR count). The molecule has 0 spiro atoms. The van der Waals surface area contributed by atoms with Crippen molar-refractivity contribution in [3.8, 4) is 0 Å². The molecule has 0 aliphatic rings. The molecule has 1 aromatic rings. The molecule has 0 bridgehead atoms. The zero-order valence-corrected chi connectivity index (χ0v) is 10.8. The molecule has 0 aromatic heterocycles. The van der Waals surface area contributed by atoms with Gasteiger partial charge in [-0.2, -0.15) is 0 Å². The number of carbonyl (C=O) groups is 1. The Bertz CT molecular complexity index is 455. The summed E-state index contributed by atoms with van der Waals surface area (Å²) in [5, 5.41) is 14.4. The van der Waals surface area contributed by atoms with Gasteiger partial charge in [-0.15, -0.1) is 0 Å². The molecule has 1 unspecified atom stereocenters. The van der Waals surface area contributed by atoms with Crippen LogP contribution in [-0.4, -0.2) is 23.0 Å². The second kappa shape index (κ2) is 6.05. The fourth-order valence-electron chi connectivity index (χ4n) is 1.66. The van der Waals surface area contributed by atoms with Crippen molar-refractivity contribution in [3.05, 3.63) is 35.4 Å². The van der Waals surface area contributed by atoms with Gasteiger partial charge in [0.15, 0.2) is 5.84 Å². The molecule has 1 amide bonds. The molecule has 1 atom stereocenters. The van der Waals surface area contributed by atoms with Gasteiger partial charge in [0.05, 0.1) is 6.04 Å². The number of hydrogen-bond donors (Lipinski definition) is 3. The SMILES string of the molecule is Cc1cccc(C(=O)NC(C(N)=NO)C(C)C)c1. The van der Waals surface area contributed by atoms with E-state index in [1.807, 2.05) is 32.9 Å². The van der Waals surface area contributed by atoms with Gasteiger partial charge in [0.1, 0.15) is 0 Å². The Hall–Kier alpha value is -2.04. The van der Waals surface area contributed by atoms with Gasteiger partial charge in [-0.05, 0) is 25.0 Å². The zero-order valence-electron chi connectivity index (χ0n) is 10.8. The number of nitrogens with one attached hydrogen (secondary N) is 1. The van der Waals surface area contributed by atoms with Gasteiger partial charge >= 0.3 is 0 Å². The van der Waals surface area contributed by atoms with Crippen LogP contribution in [0.25, 0.3) is 0 Å². The number of amides is 1. The molecule has 0 radical (unpaired) electrons. The van der Waals surface area contributed by atoms with Gasteiger partial charge in [0.25, 0.3) is 5.91 Å². The van der Waals surface area contributed by atoms with Crippen LogP contribution in [0.3, 0.4) is 0 Å². The Morgan fingerprint density at radius 2 is 2.11 bits per heavy atom. The Labute approximate surface area is 107 Å². The third-order valence-electron chi connectivity index (χ3n) is 2.67. The van der Waals surface area contributed by atoms with Gasteiger partial charge in [0, 0.05) is 5.56 Å². The highest BCUT2D eigenvalue weighted by molar-refractivity contribution is 5.98. The van der Waals surface area contributed by atoms with Crippen LogP contribution < -0.4 is 11.1 Å².